The van der Waals surface area contributed by atoms with Crippen LogP contribution in [0.3, 0.4) is 0 Å². The van der Waals surface area contributed by atoms with Crippen LogP contribution in [-0.2, 0) is 14.4 Å². The fraction of sp³-hybridized carbons (Fsp3) is 0.438. The lowest BCUT2D eigenvalue weighted by Gasteiger charge is -2.32. The molecule has 0 aliphatic carbocycles. The molecule has 1 aliphatic heterocycles. The number of nitrogens with zero attached hydrogens (tertiary/aromatic N) is 2. The normalized spacial score (nSPS) is 16.3. The topological polar surface area (TPSA) is 69.7 Å². The molecule has 24 heavy (non-hydrogen) atoms. The fourth-order valence-corrected chi connectivity index (χ4v) is 2.80. The summed E-state index contributed by atoms with van der Waals surface area (Å²) in [6, 6.07) is 4.82. The van der Waals surface area contributed by atoms with E-state index in [-0.39, 0.29) is 18.5 Å². The number of nitrogens with one attached hydrogen (secondary N) is 1. The van der Waals surface area contributed by atoms with Crippen molar-refractivity contribution >= 4 is 40.9 Å². The van der Waals surface area contributed by atoms with E-state index in [9.17, 15) is 14.4 Å². The predicted molar refractivity (Wildman–Crippen MR) is 91.9 cm³/mol. The lowest BCUT2D eigenvalue weighted by Crippen LogP contribution is -2.56. The number of amides is 3. The SMILES string of the molecule is CCN1CCN(CC(=O)NC(C)c2ccc(Cl)c(Cl)c2)C(=O)C1=O. The fourth-order valence-electron chi connectivity index (χ4n) is 2.49. The summed E-state index contributed by atoms with van der Waals surface area (Å²) in [5, 5.41) is 3.64. The zero-order valence-electron chi connectivity index (χ0n) is 13.5. The molecule has 0 spiro atoms. The first kappa shape index (κ1) is 18.5. The summed E-state index contributed by atoms with van der Waals surface area (Å²) in [6.45, 7) is 4.75. The molecule has 6 nitrogen and oxygen atoms in total. The highest BCUT2D eigenvalue weighted by molar-refractivity contribution is 6.42. The molecule has 1 aromatic carbocycles. The summed E-state index contributed by atoms with van der Waals surface area (Å²) in [7, 11) is 0. The van der Waals surface area contributed by atoms with Gasteiger partial charge in [-0.25, -0.2) is 0 Å². The van der Waals surface area contributed by atoms with Crippen LogP contribution >= 0.6 is 23.2 Å². The highest BCUT2D eigenvalue weighted by atomic mass is 35.5. The highest BCUT2D eigenvalue weighted by Gasteiger charge is 2.32. The molecule has 1 aliphatic rings. The minimum Gasteiger partial charge on any atom is -0.348 e. The van der Waals surface area contributed by atoms with Gasteiger partial charge in [-0.1, -0.05) is 29.3 Å². The van der Waals surface area contributed by atoms with Gasteiger partial charge in [0.05, 0.1) is 16.1 Å². The molecule has 1 fully saturated rings. The van der Waals surface area contributed by atoms with Crippen molar-refractivity contribution in [1.29, 1.82) is 0 Å². The van der Waals surface area contributed by atoms with Crippen LogP contribution in [0.5, 0.6) is 0 Å². The van der Waals surface area contributed by atoms with E-state index in [1.54, 1.807) is 25.1 Å². The standard InChI is InChI=1S/C16H19Cl2N3O3/c1-3-20-6-7-21(16(24)15(20)23)9-14(22)19-10(2)11-4-5-12(17)13(18)8-11/h4-5,8,10H,3,6-7,9H2,1-2H3,(H,19,22). The van der Waals surface area contributed by atoms with Gasteiger partial charge < -0.3 is 15.1 Å². The Hall–Kier alpha value is -1.79. The van der Waals surface area contributed by atoms with Crippen LogP contribution in [0.2, 0.25) is 10.0 Å². The number of benzene rings is 1. The van der Waals surface area contributed by atoms with Crippen molar-refractivity contribution in [2.75, 3.05) is 26.2 Å². The first-order chi connectivity index (χ1) is 11.3. The zero-order chi connectivity index (χ0) is 17.9. The number of carbonyl (C=O) groups excluding carboxylic acids is 3. The number of likely N-dealkylation sites (N-methyl/N-ethyl adjacent to an activating group) is 1. The van der Waals surface area contributed by atoms with Gasteiger partial charge in [-0.15, -0.1) is 0 Å². The molecule has 0 bridgehead atoms. The molecule has 1 aromatic rings. The van der Waals surface area contributed by atoms with Gasteiger partial charge in [0.1, 0.15) is 6.54 Å². The van der Waals surface area contributed by atoms with Crippen LogP contribution in [0.15, 0.2) is 18.2 Å². The second-order valence-electron chi connectivity index (χ2n) is 5.57. The third-order valence-corrected chi connectivity index (χ3v) is 4.67. The summed E-state index contributed by atoms with van der Waals surface area (Å²) in [4.78, 5) is 38.7. The molecule has 0 saturated carbocycles. The molecule has 1 heterocycles. The molecular formula is C16H19Cl2N3O3. The van der Waals surface area contributed by atoms with Gasteiger partial charge in [0, 0.05) is 19.6 Å². The molecule has 1 unspecified atom stereocenters. The lowest BCUT2D eigenvalue weighted by molar-refractivity contribution is -0.156. The molecule has 3 amide bonds. The maximum Gasteiger partial charge on any atom is 0.312 e. The largest absolute Gasteiger partial charge is 0.348 e. The van der Waals surface area contributed by atoms with Gasteiger partial charge in [-0.3, -0.25) is 14.4 Å². The molecule has 0 radical (unpaired) electrons. The van der Waals surface area contributed by atoms with Gasteiger partial charge in [0.15, 0.2) is 0 Å². The average molecular weight is 372 g/mol. The highest BCUT2D eigenvalue weighted by Crippen LogP contribution is 2.25. The maximum absolute atomic E-state index is 12.2. The summed E-state index contributed by atoms with van der Waals surface area (Å²) in [6.07, 6.45) is 0. The van der Waals surface area contributed by atoms with Gasteiger partial charge in [0.25, 0.3) is 0 Å². The van der Waals surface area contributed by atoms with Gasteiger partial charge in [0.2, 0.25) is 5.91 Å². The van der Waals surface area contributed by atoms with Gasteiger partial charge in [-0.05, 0) is 31.5 Å². The average Bonchev–Trinajstić information content (AvgIpc) is 2.54. The van der Waals surface area contributed by atoms with Crippen LogP contribution in [-0.4, -0.2) is 53.7 Å². The van der Waals surface area contributed by atoms with Crippen molar-refractivity contribution in [3.63, 3.8) is 0 Å². The third-order valence-electron chi connectivity index (χ3n) is 3.93. The van der Waals surface area contributed by atoms with E-state index in [0.29, 0.717) is 29.7 Å². The van der Waals surface area contributed by atoms with Crippen LogP contribution in [0.25, 0.3) is 0 Å². The number of hydrogen-bond acceptors (Lipinski definition) is 3. The molecule has 2 rings (SSSR count). The van der Waals surface area contributed by atoms with E-state index < -0.39 is 11.8 Å². The van der Waals surface area contributed by atoms with Crippen molar-refractivity contribution in [2.24, 2.45) is 0 Å². The van der Waals surface area contributed by atoms with Crippen molar-refractivity contribution in [3.8, 4) is 0 Å². The molecule has 130 valence electrons. The quantitative estimate of drug-likeness (QED) is 0.803. The second-order valence-corrected chi connectivity index (χ2v) is 6.39. The van der Waals surface area contributed by atoms with Crippen LogP contribution < -0.4 is 5.32 Å². The van der Waals surface area contributed by atoms with E-state index in [1.165, 1.54) is 9.80 Å². The maximum atomic E-state index is 12.2. The number of carbonyl (C=O) groups is 3. The number of piperazine rings is 1. The van der Waals surface area contributed by atoms with E-state index in [0.717, 1.165) is 5.56 Å². The first-order valence-corrected chi connectivity index (χ1v) is 8.41. The smallest absolute Gasteiger partial charge is 0.312 e. The summed E-state index contributed by atoms with van der Waals surface area (Å²) < 4.78 is 0. The molecular weight excluding hydrogens is 353 g/mol. The Morgan fingerprint density at radius 1 is 1.17 bits per heavy atom. The Balaban J connectivity index is 1.94. The third kappa shape index (κ3) is 4.19. The molecule has 8 heteroatoms. The van der Waals surface area contributed by atoms with E-state index in [1.807, 2.05) is 6.92 Å². The Labute approximate surface area is 150 Å². The Morgan fingerprint density at radius 2 is 1.79 bits per heavy atom. The minimum absolute atomic E-state index is 0.145. The Morgan fingerprint density at radius 3 is 2.42 bits per heavy atom. The first-order valence-electron chi connectivity index (χ1n) is 7.66. The minimum atomic E-state index is -0.638. The Kier molecular flexibility index (Phi) is 6.07. The number of halogens is 2. The second kappa shape index (κ2) is 7.85. The van der Waals surface area contributed by atoms with Crippen molar-refractivity contribution < 1.29 is 14.4 Å². The van der Waals surface area contributed by atoms with E-state index >= 15 is 0 Å². The molecule has 0 aromatic heterocycles. The van der Waals surface area contributed by atoms with Crippen LogP contribution in [0.1, 0.15) is 25.5 Å². The van der Waals surface area contributed by atoms with E-state index in [2.05, 4.69) is 5.32 Å². The van der Waals surface area contributed by atoms with Gasteiger partial charge in [-0.2, -0.15) is 0 Å². The van der Waals surface area contributed by atoms with Gasteiger partial charge >= 0.3 is 11.8 Å². The number of hydrogen-bond donors (Lipinski definition) is 1. The van der Waals surface area contributed by atoms with Crippen molar-refractivity contribution in [2.45, 2.75) is 19.9 Å². The molecule has 1 saturated heterocycles. The monoisotopic (exact) mass is 371 g/mol. The van der Waals surface area contributed by atoms with Crippen molar-refractivity contribution in [1.82, 2.24) is 15.1 Å². The summed E-state index contributed by atoms with van der Waals surface area (Å²) >= 11 is 11.8. The summed E-state index contributed by atoms with van der Waals surface area (Å²) in [5.74, 6) is -1.53. The zero-order valence-corrected chi connectivity index (χ0v) is 15.0. The van der Waals surface area contributed by atoms with Crippen LogP contribution in [0, 0.1) is 0 Å². The molecule has 1 N–H and O–H groups in total. The van der Waals surface area contributed by atoms with Crippen molar-refractivity contribution in [3.05, 3.63) is 33.8 Å². The summed E-state index contributed by atoms with van der Waals surface area (Å²) in [5.41, 5.74) is 0.802. The lowest BCUT2D eigenvalue weighted by atomic mass is 10.1. The van der Waals surface area contributed by atoms with Crippen LogP contribution in [0.4, 0.5) is 0 Å². The Bertz CT molecular complexity index is 666. The van der Waals surface area contributed by atoms with E-state index in [4.69, 9.17) is 23.2 Å². The predicted octanol–water partition coefficient (Wildman–Crippen LogP) is 1.86. The molecule has 1 atom stereocenters. The number of rotatable bonds is 5.